The zero-order valence-corrected chi connectivity index (χ0v) is 13.3. The maximum atomic E-state index is 13.3. The van der Waals surface area contributed by atoms with E-state index in [2.05, 4.69) is 23.0 Å². The summed E-state index contributed by atoms with van der Waals surface area (Å²) < 4.78 is 13.3. The number of H-pyrrole nitrogens is 1. The van der Waals surface area contributed by atoms with E-state index in [0.717, 1.165) is 36.4 Å². The number of rotatable bonds is 4. The van der Waals surface area contributed by atoms with Crippen LogP contribution in [0.2, 0.25) is 0 Å². The number of halogens is 1. The highest BCUT2D eigenvalue weighted by molar-refractivity contribution is 5.83. The van der Waals surface area contributed by atoms with Crippen LogP contribution >= 0.6 is 0 Å². The first-order chi connectivity index (χ1) is 10.7. The number of nitrogens with one attached hydrogen (secondary N) is 1. The molecule has 3 atom stereocenters. The van der Waals surface area contributed by atoms with Crippen molar-refractivity contribution in [3.63, 3.8) is 0 Å². The van der Waals surface area contributed by atoms with E-state index in [1.165, 1.54) is 43.2 Å². The third-order valence-corrected chi connectivity index (χ3v) is 5.93. The standard InChI is InChI=1S/C19H25FN2/c1-2-14-9-13-3-6-19(14)22(12-13)8-7-15-11-21-18-10-16(20)4-5-17(15)18/h4-5,10-11,13-14,19,21H,2-3,6-9,12H2,1H3. The van der Waals surface area contributed by atoms with Crippen molar-refractivity contribution < 1.29 is 4.39 Å². The molecule has 22 heavy (non-hydrogen) atoms. The Morgan fingerprint density at radius 2 is 2.23 bits per heavy atom. The molecule has 0 spiro atoms. The molecule has 3 aliphatic rings. The van der Waals surface area contributed by atoms with Crippen LogP contribution < -0.4 is 0 Å². The predicted octanol–water partition coefficient (Wildman–Crippen LogP) is 4.36. The van der Waals surface area contributed by atoms with Gasteiger partial charge in [-0.1, -0.05) is 13.3 Å². The van der Waals surface area contributed by atoms with E-state index in [-0.39, 0.29) is 5.82 Å². The molecule has 2 aromatic rings. The molecule has 0 radical (unpaired) electrons. The van der Waals surface area contributed by atoms with Gasteiger partial charge in [-0.2, -0.15) is 0 Å². The summed E-state index contributed by atoms with van der Waals surface area (Å²) in [5.74, 6) is 1.66. The lowest BCUT2D eigenvalue weighted by Gasteiger charge is -2.50. The summed E-state index contributed by atoms with van der Waals surface area (Å²) in [6, 6.07) is 5.87. The zero-order chi connectivity index (χ0) is 15.1. The lowest BCUT2D eigenvalue weighted by atomic mass is 9.71. The van der Waals surface area contributed by atoms with Crippen molar-refractivity contribution in [2.75, 3.05) is 13.1 Å². The monoisotopic (exact) mass is 300 g/mol. The van der Waals surface area contributed by atoms with Gasteiger partial charge >= 0.3 is 0 Å². The summed E-state index contributed by atoms with van der Waals surface area (Å²) in [6.07, 6.45) is 8.72. The van der Waals surface area contributed by atoms with Gasteiger partial charge in [0.1, 0.15) is 5.82 Å². The number of aromatic nitrogens is 1. The summed E-state index contributed by atoms with van der Waals surface area (Å²) in [5, 5.41) is 1.18. The molecule has 1 aliphatic carbocycles. The van der Waals surface area contributed by atoms with Crippen LogP contribution in [0.25, 0.3) is 10.9 Å². The molecular formula is C19H25FN2. The minimum Gasteiger partial charge on any atom is -0.361 e. The Bertz CT molecular complexity index is 662. The molecule has 3 heterocycles. The molecule has 1 aromatic heterocycles. The van der Waals surface area contributed by atoms with Crippen LogP contribution in [-0.4, -0.2) is 29.0 Å². The van der Waals surface area contributed by atoms with E-state index in [1.807, 2.05) is 6.07 Å². The predicted molar refractivity (Wildman–Crippen MR) is 88.4 cm³/mol. The van der Waals surface area contributed by atoms with Crippen LogP contribution in [0.1, 0.15) is 38.2 Å². The molecule has 3 heteroatoms. The van der Waals surface area contributed by atoms with E-state index in [1.54, 1.807) is 12.1 Å². The van der Waals surface area contributed by atoms with E-state index >= 15 is 0 Å². The summed E-state index contributed by atoms with van der Waals surface area (Å²) >= 11 is 0. The van der Waals surface area contributed by atoms with Crippen molar-refractivity contribution >= 4 is 10.9 Å². The molecule has 5 rings (SSSR count). The van der Waals surface area contributed by atoms with Gasteiger partial charge < -0.3 is 4.98 Å². The lowest BCUT2D eigenvalue weighted by molar-refractivity contribution is 0.000713. The molecular weight excluding hydrogens is 275 g/mol. The topological polar surface area (TPSA) is 19.0 Å². The summed E-state index contributed by atoms with van der Waals surface area (Å²) in [5.41, 5.74) is 2.24. The van der Waals surface area contributed by atoms with Gasteiger partial charge in [0.25, 0.3) is 0 Å². The van der Waals surface area contributed by atoms with Crippen LogP contribution in [-0.2, 0) is 6.42 Å². The minimum atomic E-state index is -0.167. The summed E-state index contributed by atoms with van der Waals surface area (Å²) in [7, 11) is 0. The lowest BCUT2D eigenvalue weighted by Crippen LogP contribution is -2.53. The van der Waals surface area contributed by atoms with Crippen LogP contribution in [0.15, 0.2) is 24.4 Å². The van der Waals surface area contributed by atoms with Crippen molar-refractivity contribution in [3.05, 3.63) is 35.8 Å². The van der Waals surface area contributed by atoms with Crippen molar-refractivity contribution in [2.45, 2.75) is 45.1 Å². The molecule has 2 nitrogen and oxygen atoms in total. The fraction of sp³-hybridized carbons (Fsp3) is 0.579. The maximum Gasteiger partial charge on any atom is 0.125 e. The van der Waals surface area contributed by atoms with E-state index in [0.29, 0.717) is 0 Å². The van der Waals surface area contributed by atoms with Gasteiger partial charge in [-0.05, 0) is 61.3 Å². The maximum absolute atomic E-state index is 13.3. The number of benzene rings is 1. The molecule has 2 saturated heterocycles. The highest BCUT2D eigenvalue weighted by Crippen LogP contribution is 2.40. The highest BCUT2D eigenvalue weighted by atomic mass is 19.1. The normalized spacial score (nSPS) is 28.5. The average molecular weight is 300 g/mol. The second-order valence-electron chi connectivity index (χ2n) is 7.16. The summed E-state index contributed by atoms with van der Waals surface area (Å²) in [6.45, 7) is 4.78. The number of fused-ring (bicyclic) bond motifs is 4. The number of aromatic amines is 1. The van der Waals surface area contributed by atoms with Crippen LogP contribution in [0.3, 0.4) is 0 Å². The second kappa shape index (κ2) is 5.69. The van der Waals surface area contributed by atoms with Crippen LogP contribution in [0, 0.1) is 17.7 Å². The first-order valence-corrected chi connectivity index (χ1v) is 8.74. The first-order valence-electron chi connectivity index (χ1n) is 8.74. The Labute approximate surface area is 131 Å². The van der Waals surface area contributed by atoms with Gasteiger partial charge in [-0.3, -0.25) is 4.90 Å². The largest absolute Gasteiger partial charge is 0.361 e. The van der Waals surface area contributed by atoms with Gasteiger partial charge in [0.05, 0.1) is 0 Å². The summed E-state index contributed by atoms with van der Waals surface area (Å²) in [4.78, 5) is 5.94. The van der Waals surface area contributed by atoms with Gasteiger partial charge in [0.15, 0.2) is 0 Å². The van der Waals surface area contributed by atoms with E-state index in [4.69, 9.17) is 0 Å². The number of nitrogens with zero attached hydrogens (tertiary/aromatic N) is 1. The Balaban J connectivity index is 1.48. The Kier molecular flexibility index (Phi) is 3.69. The van der Waals surface area contributed by atoms with E-state index in [9.17, 15) is 4.39 Å². The SMILES string of the molecule is CCC1CC2CCC1N(CCc1c[nH]c3cc(F)ccc13)C2. The van der Waals surface area contributed by atoms with Crippen molar-refractivity contribution in [1.29, 1.82) is 0 Å². The molecule has 1 saturated carbocycles. The van der Waals surface area contributed by atoms with Gasteiger partial charge in [-0.25, -0.2) is 4.39 Å². The molecule has 0 amide bonds. The molecule has 2 aliphatic heterocycles. The van der Waals surface area contributed by atoms with Gasteiger partial charge in [0, 0.05) is 36.2 Å². The Morgan fingerprint density at radius 1 is 1.32 bits per heavy atom. The Hall–Kier alpha value is -1.35. The van der Waals surface area contributed by atoms with Gasteiger partial charge in [0.2, 0.25) is 0 Å². The fourth-order valence-corrected chi connectivity index (χ4v) is 4.78. The van der Waals surface area contributed by atoms with Crippen LogP contribution in [0.5, 0.6) is 0 Å². The minimum absolute atomic E-state index is 0.167. The third-order valence-electron chi connectivity index (χ3n) is 5.93. The molecule has 2 bridgehead atoms. The van der Waals surface area contributed by atoms with E-state index < -0.39 is 0 Å². The van der Waals surface area contributed by atoms with Gasteiger partial charge in [-0.15, -0.1) is 0 Å². The zero-order valence-electron chi connectivity index (χ0n) is 13.3. The second-order valence-corrected chi connectivity index (χ2v) is 7.16. The Morgan fingerprint density at radius 3 is 3.05 bits per heavy atom. The molecule has 3 unspecified atom stereocenters. The first kappa shape index (κ1) is 14.3. The van der Waals surface area contributed by atoms with Crippen LogP contribution in [0.4, 0.5) is 4.39 Å². The molecule has 1 N–H and O–H groups in total. The number of piperidine rings is 2. The van der Waals surface area contributed by atoms with Crippen molar-refractivity contribution in [1.82, 2.24) is 9.88 Å². The quantitative estimate of drug-likeness (QED) is 0.889. The fourth-order valence-electron chi connectivity index (χ4n) is 4.78. The molecule has 1 aromatic carbocycles. The van der Waals surface area contributed by atoms with Crippen molar-refractivity contribution in [3.8, 4) is 0 Å². The smallest absolute Gasteiger partial charge is 0.125 e. The average Bonchev–Trinajstić information content (AvgIpc) is 2.95. The highest BCUT2D eigenvalue weighted by Gasteiger charge is 2.39. The van der Waals surface area contributed by atoms with Crippen molar-refractivity contribution in [2.24, 2.45) is 11.8 Å². The molecule has 118 valence electrons. The molecule has 3 fully saturated rings. The third kappa shape index (κ3) is 2.45. The number of hydrogen-bond acceptors (Lipinski definition) is 1. The number of hydrogen-bond donors (Lipinski definition) is 1.